The maximum Gasteiger partial charge on any atom is 0.290 e. The van der Waals surface area contributed by atoms with Gasteiger partial charge < -0.3 is 19.5 Å². The number of anilines is 2. The van der Waals surface area contributed by atoms with Crippen molar-refractivity contribution in [3.05, 3.63) is 106 Å². The van der Waals surface area contributed by atoms with Gasteiger partial charge in [0.1, 0.15) is 0 Å². The summed E-state index contributed by atoms with van der Waals surface area (Å²) >= 11 is 1.39. The summed E-state index contributed by atoms with van der Waals surface area (Å²) in [5.74, 6) is -0.0533. The standard InChI is InChI=1S/C26H25N3O3S/c1-28(2)22-13-12-21(27-25(30)24-11-7-15-33-24)16-20(22)18-29(17-19-8-4-3-5-9-19)26(31)23-10-6-14-32-23/h3-16H,17-18H2,1-2H3,(H,27,30). The third kappa shape index (κ3) is 5.51. The van der Waals surface area contributed by atoms with Crippen molar-refractivity contribution in [2.24, 2.45) is 0 Å². The molecule has 0 aliphatic heterocycles. The molecule has 1 N–H and O–H groups in total. The van der Waals surface area contributed by atoms with Gasteiger partial charge in [0.05, 0.1) is 11.1 Å². The summed E-state index contributed by atoms with van der Waals surface area (Å²) in [4.78, 5) is 30.2. The zero-order valence-electron chi connectivity index (χ0n) is 18.5. The second-order valence-electron chi connectivity index (χ2n) is 7.79. The maximum absolute atomic E-state index is 13.3. The fraction of sp³-hybridized carbons (Fsp3) is 0.154. The van der Waals surface area contributed by atoms with Crippen LogP contribution in [0.3, 0.4) is 0 Å². The van der Waals surface area contributed by atoms with Crippen LogP contribution < -0.4 is 10.2 Å². The number of thiophene rings is 1. The molecule has 0 unspecified atom stereocenters. The first kappa shape index (κ1) is 22.4. The molecule has 7 heteroatoms. The van der Waals surface area contributed by atoms with Gasteiger partial charge in [-0.05, 0) is 52.9 Å². The lowest BCUT2D eigenvalue weighted by atomic mass is 10.1. The number of nitrogens with zero attached hydrogens (tertiary/aromatic N) is 2. The molecule has 2 heterocycles. The Kier molecular flexibility index (Phi) is 6.90. The van der Waals surface area contributed by atoms with Crippen LogP contribution in [-0.2, 0) is 13.1 Å². The molecule has 0 bridgehead atoms. The van der Waals surface area contributed by atoms with Crippen molar-refractivity contribution in [3.63, 3.8) is 0 Å². The monoisotopic (exact) mass is 459 g/mol. The second-order valence-corrected chi connectivity index (χ2v) is 8.74. The van der Waals surface area contributed by atoms with E-state index in [1.165, 1.54) is 17.6 Å². The number of amides is 2. The first-order valence-corrected chi connectivity index (χ1v) is 11.4. The minimum Gasteiger partial charge on any atom is -0.459 e. The van der Waals surface area contributed by atoms with Gasteiger partial charge in [-0.15, -0.1) is 11.3 Å². The van der Waals surface area contributed by atoms with Gasteiger partial charge in [0.15, 0.2) is 5.76 Å². The Morgan fingerprint density at radius 2 is 1.76 bits per heavy atom. The first-order valence-electron chi connectivity index (χ1n) is 10.5. The summed E-state index contributed by atoms with van der Waals surface area (Å²) in [6, 6.07) is 22.6. The van der Waals surface area contributed by atoms with Crippen LogP contribution in [0.1, 0.15) is 31.4 Å². The topological polar surface area (TPSA) is 65.8 Å². The van der Waals surface area contributed by atoms with Crippen LogP contribution in [0, 0.1) is 0 Å². The summed E-state index contributed by atoms with van der Waals surface area (Å²) in [7, 11) is 3.91. The lowest BCUT2D eigenvalue weighted by Gasteiger charge is -2.26. The summed E-state index contributed by atoms with van der Waals surface area (Å²) in [6.07, 6.45) is 1.50. The molecular formula is C26H25N3O3S. The molecule has 0 aliphatic carbocycles. The van der Waals surface area contributed by atoms with Crippen LogP contribution in [-0.4, -0.2) is 30.8 Å². The molecule has 4 aromatic rings. The highest BCUT2D eigenvalue weighted by Gasteiger charge is 2.21. The molecule has 0 spiro atoms. The van der Waals surface area contributed by atoms with Crippen LogP contribution in [0.4, 0.5) is 11.4 Å². The molecule has 2 amide bonds. The Morgan fingerprint density at radius 1 is 0.939 bits per heavy atom. The first-order chi connectivity index (χ1) is 16.0. The second kappa shape index (κ2) is 10.2. The molecule has 2 aromatic carbocycles. The highest BCUT2D eigenvalue weighted by Crippen LogP contribution is 2.26. The van der Waals surface area contributed by atoms with Crippen molar-refractivity contribution in [2.45, 2.75) is 13.1 Å². The molecule has 0 atom stereocenters. The van der Waals surface area contributed by atoms with E-state index in [1.54, 1.807) is 23.1 Å². The summed E-state index contributed by atoms with van der Waals surface area (Å²) in [5, 5.41) is 4.83. The van der Waals surface area contributed by atoms with E-state index in [0.29, 0.717) is 29.4 Å². The van der Waals surface area contributed by atoms with Gasteiger partial charge in [-0.1, -0.05) is 36.4 Å². The van der Waals surface area contributed by atoms with Gasteiger partial charge in [0.2, 0.25) is 0 Å². The summed E-state index contributed by atoms with van der Waals surface area (Å²) < 4.78 is 5.39. The molecule has 0 saturated heterocycles. The Bertz CT molecular complexity index is 1200. The van der Waals surface area contributed by atoms with Crippen molar-refractivity contribution in [3.8, 4) is 0 Å². The van der Waals surface area contributed by atoms with Gasteiger partial charge >= 0.3 is 0 Å². The molecule has 4 rings (SSSR count). The van der Waals surface area contributed by atoms with E-state index in [-0.39, 0.29) is 11.8 Å². The van der Waals surface area contributed by atoms with Crippen molar-refractivity contribution in [2.75, 3.05) is 24.3 Å². The minimum atomic E-state index is -0.193. The van der Waals surface area contributed by atoms with Gasteiger partial charge in [-0.25, -0.2) is 0 Å². The number of hydrogen-bond acceptors (Lipinski definition) is 5. The number of furan rings is 1. The van der Waals surface area contributed by atoms with Crippen LogP contribution in [0.5, 0.6) is 0 Å². The molecular weight excluding hydrogens is 434 g/mol. The Balaban J connectivity index is 1.64. The lowest BCUT2D eigenvalue weighted by Crippen LogP contribution is -2.30. The average molecular weight is 460 g/mol. The molecule has 0 aliphatic rings. The van der Waals surface area contributed by atoms with E-state index in [4.69, 9.17) is 4.42 Å². The number of benzene rings is 2. The van der Waals surface area contributed by atoms with Gasteiger partial charge in [-0.3, -0.25) is 9.59 Å². The summed E-state index contributed by atoms with van der Waals surface area (Å²) in [6.45, 7) is 0.781. The van der Waals surface area contributed by atoms with E-state index < -0.39 is 0 Å². The van der Waals surface area contributed by atoms with Crippen molar-refractivity contribution < 1.29 is 14.0 Å². The van der Waals surface area contributed by atoms with E-state index in [0.717, 1.165) is 16.8 Å². The number of nitrogens with one attached hydrogen (secondary N) is 1. The van der Waals surface area contributed by atoms with Gasteiger partial charge in [-0.2, -0.15) is 0 Å². The molecule has 168 valence electrons. The van der Waals surface area contributed by atoms with Crippen molar-refractivity contribution in [1.82, 2.24) is 4.90 Å². The molecule has 6 nitrogen and oxygen atoms in total. The third-order valence-corrected chi connectivity index (χ3v) is 6.03. The highest BCUT2D eigenvalue weighted by molar-refractivity contribution is 7.12. The quantitative estimate of drug-likeness (QED) is 0.378. The van der Waals surface area contributed by atoms with Gasteiger partial charge in [0, 0.05) is 38.6 Å². The van der Waals surface area contributed by atoms with E-state index >= 15 is 0 Å². The predicted octanol–water partition coefficient (Wildman–Crippen LogP) is 5.50. The SMILES string of the molecule is CN(C)c1ccc(NC(=O)c2cccs2)cc1CN(Cc1ccccc1)C(=O)c1ccco1. The average Bonchev–Trinajstić information content (AvgIpc) is 3.53. The highest BCUT2D eigenvalue weighted by atomic mass is 32.1. The zero-order valence-corrected chi connectivity index (χ0v) is 19.3. The van der Waals surface area contributed by atoms with E-state index in [2.05, 4.69) is 5.32 Å². The van der Waals surface area contributed by atoms with Crippen LogP contribution in [0.2, 0.25) is 0 Å². The van der Waals surface area contributed by atoms with Crippen LogP contribution >= 0.6 is 11.3 Å². The maximum atomic E-state index is 13.3. The Morgan fingerprint density at radius 3 is 2.42 bits per heavy atom. The predicted molar refractivity (Wildman–Crippen MR) is 132 cm³/mol. The van der Waals surface area contributed by atoms with Crippen LogP contribution in [0.15, 0.2) is 88.9 Å². The number of rotatable bonds is 8. The normalized spacial score (nSPS) is 10.6. The Labute approximate surface area is 197 Å². The van der Waals surface area contributed by atoms with Crippen LogP contribution in [0.25, 0.3) is 0 Å². The zero-order chi connectivity index (χ0) is 23.2. The fourth-order valence-electron chi connectivity index (χ4n) is 3.59. The molecule has 0 saturated carbocycles. The minimum absolute atomic E-state index is 0.152. The summed E-state index contributed by atoms with van der Waals surface area (Å²) in [5.41, 5.74) is 3.58. The molecule has 33 heavy (non-hydrogen) atoms. The Hall–Kier alpha value is -3.84. The molecule has 2 aromatic heterocycles. The fourth-order valence-corrected chi connectivity index (χ4v) is 4.21. The van der Waals surface area contributed by atoms with Crippen molar-refractivity contribution in [1.29, 1.82) is 0 Å². The van der Waals surface area contributed by atoms with E-state index in [1.807, 2.05) is 79.0 Å². The van der Waals surface area contributed by atoms with Crippen molar-refractivity contribution >= 4 is 34.5 Å². The lowest BCUT2D eigenvalue weighted by molar-refractivity contribution is 0.0697. The smallest absolute Gasteiger partial charge is 0.290 e. The number of carbonyl (C=O) groups is 2. The number of carbonyl (C=O) groups excluding carboxylic acids is 2. The molecule has 0 fully saturated rings. The largest absolute Gasteiger partial charge is 0.459 e. The third-order valence-electron chi connectivity index (χ3n) is 5.16. The van der Waals surface area contributed by atoms with Gasteiger partial charge in [0.25, 0.3) is 11.8 Å². The number of hydrogen-bond donors (Lipinski definition) is 1. The van der Waals surface area contributed by atoms with E-state index in [9.17, 15) is 9.59 Å². The molecule has 0 radical (unpaired) electrons.